The molecule has 3 rings (SSSR count). The summed E-state index contributed by atoms with van der Waals surface area (Å²) in [5.74, 6) is 0.860. The second-order valence-electron chi connectivity index (χ2n) is 5.04. The highest BCUT2D eigenvalue weighted by Gasteiger charge is 2.19. The van der Waals surface area contributed by atoms with Gasteiger partial charge in [-0.2, -0.15) is 0 Å². The molecule has 3 nitrogen and oxygen atoms in total. The van der Waals surface area contributed by atoms with E-state index in [2.05, 4.69) is 17.3 Å². The molecule has 0 aromatic heterocycles. The fraction of sp³-hybridized carbons (Fsp3) is 0.235. The molecule has 2 aromatic carbocycles. The molecule has 0 heterocycles. The predicted octanol–water partition coefficient (Wildman–Crippen LogP) is 3.95. The Morgan fingerprint density at radius 3 is 2.65 bits per heavy atom. The molecule has 0 aliphatic heterocycles. The van der Waals surface area contributed by atoms with Gasteiger partial charge >= 0.3 is 0 Å². The quantitative estimate of drug-likeness (QED) is 0.675. The van der Waals surface area contributed by atoms with E-state index >= 15 is 0 Å². The van der Waals surface area contributed by atoms with Gasteiger partial charge < -0.3 is 9.94 Å². The molecule has 1 aliphatic carbocycles. The number of rotatable bonds is 3. The first-order valence-electron chi connectivity index (χ1n) is 6.84. The maximum Gasteiger partial charge on any atom is 0.121 e. The number of benzene rings is 2. The topological polar surface area (TPSA) is 41.8 Å². The van der Waals surface area contributed by atoms with Gasteiger partial charge in [0.1, 0.15) is 11.9 Å². The van der Waals surface area contributed by atoms with Crippen LogP contribution in [0.3, 0.4) is 0 Å². The summed E-state index contributed by atoms with van der Waals surface area (Å²) >= 11 is 0. The molecule has 0 saturated carbocycles. The Morgan fingerprint density at radius 1 is 1.10 bits per heavy atom. The zero-order valence-electron chi connectivity index (χ0n) is 11.4. The molecule has 0 amide bonds. The first-order chi connectivity index (χ1) is 9.78. The van der Waals surface area contributed by atoms with Crippen LogP contribution in [0, 0.1) is 0 Å². The van der Waals surface area contributed by atoms with Crippen molar-refractivity contribution in [2.45, 2.75) is 25.9 Å². The number of hydrogen-bond donors (Lipinski definition) is 1. The summed E-state index contributed by atoms with van der Waals surface area (Å²) in [6.07, 6.45) is 1.72. The lowest BCUT2D eigenvalue weighted by Crippen LogP contribution is -2.03. The minimum absolute atomic E-state index is 0.0154. The van der Waals surface area contributed by atoms with Gasteiger partial charge in [-0.1, -0.05) is 35.5 Å². The van der Waals surface area contributed by atoms with Crippen LogP contribution < -0.4 is 4.74 Å². The van der Waals surface area contributed by atoms with Crippen molar-refractivity contribution in [3.05, 3.63) is 65.2 Å². The Kier molecular flexibility index (Phi) is 3.42. The molecule has 20 heavy (non-hydrogen) atoms. The van der Waals surface area contributed by atoms with Crippen molar-refractivity contribution in [3.8, 4) is 5.75 Å². The average Bonchev–Trinajstić information content (AvgIpc) is 2.90. The summed E-state index contributed by atoms with van der Waals surface area (Å²) in [5.41, 5.74) is 4.15. The van der Waals surface area contributed by atoms with Crippen molar-refractivity contribution in [2.24, 2.45) is 5.16 Å². The summed E-state index contributed by atoms with van der Waals surface area (Å²) in [7, 11) is 0. The third kappa shape index (κ3) is 2.39. The van der Waals surface area contributed by atoms with E-state index in [1.54, 1.807) is 0 Å². The van der Waals surface area contributed by atoms with Crippen LogP contribution in [-0.4, -0.2) is 10.9 Å². The lowest BCUT2D eigenvalue weighted by molar-refractivity contribution is 0.227. The number of oxime groups is 1. The van der Waals surface area contributed by atoms with E-state index in [1.165, 1.54) is 5.56 Å². The van der Waals surface area contributed by atoms with Gasteiger partial charge in [0.2, 0.25) is 0 Å². The molecule has 0 bridgehead atoms. The predicted molar refractivity (Wildman–Crippen MR) is 78.6 cm³/mol. The molecule has 102 valence electrons. The highest BCUT2D eigenvalue weighted by atomic mass is 16.5. The van der Waals surface area contributed by atoms with Crippen LogP contribution in [0.4, 0.5) is 0 Å². The maximum absolute atomic E-state index is 8.93. The molecule has 0 spiro atoms. The van der Waals surface area contributed by atoms with Gasteiger partial charge in [-0.3, -0.25) is 0 Å². The minimum Gasteiger partial charge on any atom is -0.486 e. The summed E-state index contributed by atoms with van der Waals surface area (Å²) in [4.78, 5) is 0. The molecule has 2 aromatic rings. The van der Waals surface area contributed by atoms with Crippen LogP contribution in [-0.2, 0) is 6.42 Å². The van der Waals surface area contributed by atoms with Crippen molar-refractivity contribution in [1.82, 2.24) is 0 Å². The molecule has 1 N–H and O–H groups in total. The molecule has 3 heteroatoms. The van der Waals surface area contributed by atoms with Crippen LogP contribution in [0.1, 0.15) is 36.1 Å². The molecule has 0 saturated heterocycles. The van der Waals surface area contributed by atoms with Crippen LogP contribution in [0.25, 0.3) is 0 Å². The molecule has 1 unspecified atom stereocenters. The van der Waals surface area contributed by atoms with E-state index in [-0.39, 0.29) is 6.10 Å². The zero-order valence-corrected chi connectivity index (χ0v) is 11.4. The van der Waals surface area contributed by atoms with Crippen LogP contribution >= 0.6 is 0 Å². The van der Waals surface area contributed by atoms with Crippen molar-refractivity contribution >= 4 is 5.71 Å². The van der Waals surface area contributed by atoms with Gasteiger partial charge in [0.05, 0.1) is 5.71 Å². The second-order valence-corrected chi connectivity index (χ2v) is 5.04. The van der Waals surface area contributed by atoms with Crippen molar-refractivity contribution < 1.29 is 9.94 Å². The van der Waals surface area contributed by atoms with E-state index in [9.17, 15) is 0 Å². The SMILES string of the molecule is CC(Oc1ccc2c(c1)CC/C2=N\O)c1ccccc1. The maximum atomic E-state index is 8.93. The van der Waals surface area contributed by atoms with E-state index in [1.807, 2.05) is 43.3 Å². The molecule has 1 aliphatic rings. The highest BCUT2D eigenvalue weighted by molar-refractivity contribution is 6.04. The molecule has 1 atom stereocenters. The van der Waals surface area contributed by atoms with Crippen LogP contribution in [0.2, 0.25) is 0 Å². The summed E-state index contributed by atoms with van der Waals surface area (Å²) < 4.78 is 5.99. The standard InChI is InChI=1S/C17H17NO2/c1-12(13-5-3-2-4-6-13)20-15-8-9-16-14(11-15)7-10-17(16)18-19/h2-6,8-9,11-12,19H,7,10H2,1H3/b18-17+. The number of fused-ring (bicyclic) bond motifs is 1. The number of aryl methyl sites for hydroxylation is 1. The highest BCUT2D eigenvalue weighted by Crippen LogP contribution is 2.29. The van der Waals surface area contributed by atoms with Gasteiger partial charge in [0, 0.05) is 5.56 Å². The molecular formula is C17H17NO2. The first kappa shape index (κ1) is 12.7. The first-order valence-corrected chi connectivity index (χ1v) is 6.84. The fourth-order valence-corrected chi connectivity index (χ4v) is 2.62. The van der Waals surface area contributed by atoms with Gasteiger partial charge in [-0.15, -0.1) is 0 Å². The van der Waals surface area contributed by atoms with E-state index in [0.717, 1.165) is 35.4 Å². The second kappa shape index (κ2) is 5.37. The summed E-state index contributed by atoms with van der Waals surface area (Å²) in [5, 5.41) is 12.3. The molecule has 0 fully saturated rings. The zero-order chi connectivity index (χ0) is 13.9. The van der Waals surface area contributed by atoms with E-state index in [4.69, 9.17) is 9.94 Å². The Hall–Kier alpha value is -2.29. The van der Waals surface area contributed by atoms with Gasteiger partial charge in [-0.25, -0.2) is 0 Å². The van der Waals surface area contributed by atoms with Crippen LogP contribution in [0.5, 0.6) is 5.75 Å². The van der Waals surface area contributed by atoms with Gasteiger partial charge in [0.15, 0.2) is 0 Å². The largest absolute Gasteiger partial charge is 0.486 e. The summed E-state index contributed by atoms with van der Waals surface area (Å²) in [6, 6.07) is 16.1. The molecule has 0 radical (unpaired) electrons. The average molecular weight is 267 g/mol. The number of nitrogens with zero attached hydrogens (tertiary/aromatic N) is 1. The van der Waals surface area contributed by atoms with Crippen molar-refractivity contribution in [2.75, 3.05) is 0 Å². The number of hydrogen-bond acceptors (Lipinski definition) is 3. The minimum atomic E-state index is 0.0154. The van der Waals surface area contributed by atoms with E-state index < -0.39 is 0 Å². The number of ether oxygens (including phenoxy) is 1. The van der Waals surface area contributed by atoms with Gasteiger partial charge in [-0.05, 0) is 49.1 Å². The lowest BCUT2D eigenvalue weighted by atomic mass is 10.1. The van der Waals surface area contributed by atoms with Crippen molar-refractivity contribution in [1.29, 1.82) is 0 Å². The van der Waals surface area contributed by atoms with Crippen molar-refractivity contribution in [3.63, 3.8) is 0 Å². The monoisotopic (exact) mass is 267 g/mol. The third-order valence-corrected chi connectivity index (χ3v) is 3.72. The Morgan fingerprint density at radius 2 is 1.90 bits per heavy atom. The Bertz CT molecular complexity index is 635. The molecular weight excluding hydrogens is 250 g/mol. The lowest BCUT2D eigenvalue weighted by Gasteiger charge is -2.15. The summed E-state index contributed by atoms with van der Waals surface area (Å²) in [6.45, 7) is 2.04. The Labute approximate surface area is 118 Å². The Balaban J connectivity index is 1.80. The third-order valence-electron chi connectivity index (χ3n) is 3.72. The normalized spacial score (nSPS) is 16.9. The van der Waals surface area contributed by atoms with E-state index in [0.29, 0.717) is 0 Å². The smallest absolute Gasteiger partial charge is 0.121 e. The van der Waals surface area contributed by atoms with Gasteiger partial charge in [0.25, 0.3) is 0 Å². The van der Waals surface area contributed by atoms with Crippen LogP contribution in [0.15, 0.2) is 53.7 Å². The fourth-order valence-electron chi connectivity index (χ4n) is 2.62.